The zero-order chi connectivity index (χ0) is 54.9. The second kappa shape index (κ2) is 21.6. The minimum Gasteiger partial charge on any atom is -0.396 e. The molecule has 9 nitrogen and oxygen atoms in total. The van der Waals surface area contributed by atoms with Crippen LogP contribution in [0, 0.1) is 5.92 Å². The van der Waals surface area contributed by atoms with Crippen LogP contribution in [-0.2, 0) is 29.8 Å². The lowest BCUT2D eigenvalue weighted by Gasteiger charge is -2.26. The first-order valence-electron chi connectivity index (χ1n) is 26.4. The molecule has 2 N–H and O–H groups in total. The third-order valence-corrected chi connectivity index (χ3v) is 14.4. The van der Waals surface area contributed by atoms with Gasteiger partial charge in [-0.25, -0.2) is 0 Å². The van der Waals surface area contributed by atoms with E-state index in [1.807, 2.05) is 158 Å². The second-order valence-corrected chi connectivity index (χ2v) is 22.5. The molecule has 1 heterocycles. The van der Waals surface area contributed by atoms with E-state index in [4.69, 9.17) is 28.4 Å². The average molecular weight is 1040 g/mol. The molecule has 388 valence electrons. The topological polar surface area (TPSA) is 110 Å². The molecule has 10 heteroatoms. The van der Waals surface area contributed by atoms with E-state index < -0.39 is 0 Å². The first-order chi connectivity index (χ1) is 37.5. The van der Waals surface area contributed by atoms with Crippen LogP contribution in [0.4, 0.5) is 45.5 Å². The molecule has 9 aromatic carbocycles. The number of aromatic nitrogens is 3. The van der Waals surface area contributed by atoms with Gasteiger partial charge in [0.05, 0.1) is 12.2 Å². The van der Waals surface area contributed by atoms with Gasteiger partial charge in [-0.1, -0.05) is 165 Å². The van der Waals surface area contributed by atoms with Crippen molar-refractivity contribution in [1.29, 1.82) is 0 Å². The van der Waals surface area contributed by atoms with Crippen LogP contribution in [0.25, 0.3) is 33.3 Å². The second-order valence-electron chi connectivity index (χ2n) is 22.3. The van der Waals surface area contributed by atoms with Crippen LogP contribution in [0.1, 0.15) is 98.4 Å². The third kappa shape index (κ3) is 10.8. The largest absolute Gasteiger partial charge is 0.396 e. The highest BCUT2D eigenvalue weighted by molar-refractivity contribution is 7.47. The molecule has 0 radical (unpaired) electrons. The summed E-state index contributed by atoms with van der Waals surface area (Å²) in [5.74, 6) is 0.215. The van der Waals surface area contributed by atoms with Gasteiger partial charge in [0.15, 0.2) is 11.6 Å². The molecule has 0 aliphatic heterocycles. The van der Waals surface area contributed by atoms with Crippen molar-refractivity contribution in [2.75, 3.05) is 15.5 Å². The fourth-order valence-corrected chi connectivity index (χ4v) is 10.1. The Kier molecular flexibility index (Phi) is 14.6. The number of hydrogen-bond acceptors (Lipinski definition) is 9. The lowest BCUT2D eigenvalue weighted by atomic mass is 9.86. The van der Waals surface area contributed by atoms with Gasteiger partial charge < -0.3 is 15.5 Å². The minimum atomic E-state index is -0.0268. The summed E-state index contributed by atoms with van der Waals surface area (Å²) >= 11 is 5.58. The molecule has 0 aliphatic rings. The highest BCUT2D eigenvalue weighted by Gasteiger charge is 2.26. The number of anilines is 7. The Bertz CT molecular complexity index is 3770. The van der Waals surface area contributed by atoms with Crippen molar-refractivity contribution in [1.82, 2.24) is 15.0 Å². The number of hydrogen-bond donors (Lipinski definition) is 1. The first kappa shape index (κ1) is 52.6. The molecule has 0 fully saturated rings. The van der Waals surface area contributed by atoms with Crippen molar-refractivity contribution in [2.24, 2.45) is 10.3 Å². The van der Waals surface area contributed by atoms with Crippen molar-refractivity contribution in [2.45, 2.75) is 72.8 Å². The predicted molar refractivity (Wildman–Crippen MR) is 324 cm³/mol. The molecule has 0 amide bonds. The van der Waals surface area contributed by atoms with Crippen LogP contribution >= 0.6 is 0 Å². The van der Waals surface area contributed by atoms with E-state index in [9.17, 15) is 9.59 Å². The van der Waals surface area contributed by atoms with Crippen molar-refractivity contribution in [3.63, 3.8) is 0 Å². The number of benzene rings is 9. The van der Waals surface area contributed by atoms with Gasteiger partial charge in [0.25, 0.3) is 0 Å². The Morgan fingerprint density at radius 2 is 0.782 bits per heavy atom. The molecular formula is C68H63N7O2S. The first-order valence-corrected chi connectivity index (χ1v) is 26.8. The number of nitrogen functional groups attached to an aromatic ring is 1. The highest BCUT2D eigenvalue weighted by Crippen LogP contribution is 2.48. The molecule has 10 rings (SSSR count). The summed E-state index contributed by atoms with van der Waals surface area (Å²) in [5.41, 5.74) is 22.8. The number of para-hydroxylation sites is 2. The van der Waals surface area contributed by atoms with Gasteiger partial charge in [-0.2, -0.15) is 19.4 Å². The van der Waals surface area contributed by atoms with E-state index >= 15 is 0 Å². The molecule has 0 saturated carbocycles. The third-order valence-electron chi connectivity index (χ3n) is 14.2. The Morgan fingerprint density at radius 3 is 1.12 bits per heavy atom. The number of rotatable bonds is 15. The number of carbonyl (C=O) groups is 2. The Labute approximate surface area is 463 Å². The number of fused-ring (bicyclic) bond motifs is 1. The molecule has 78 heavy (non-hydrogen) atoms. The molecule has 10 aromatic rings. The Balaban J connectivity index is 0.984. The fraction of sp³-hybridized carbons (Fsp3) is 0.176. The van der Waals surface area contributed by atoms with E-state index in [2.05, 4.69) is 118 Å². The molecule has 1 aromatic heterocycles. The van der Waals surface area contributed by atoms with Gasteiger partial charge in [-0.3, -0.25) is 9.59 Å². The van der Waals surface area contributed by atoms with Crippen LogP contribution in [0.5, 0.6) is 0 Å². The number of carbonyl (C=O) groups excluding carboxylic acids is 2. The van der Waals surface area contributed by atoms with Crippen molar-refractivity contribution in [3.05, 3.63) is 240 Å². The lowest BCUT2D eigenvalue weighted by molar-refractivity contribution is 0.103. The fourth-order valence-electron chi connectivity index (χ4n) is 9.95. The summed E-state index contributed by atoms with van der Waals surface area (Å²) in [7, 11) is 0. The van der Waals surface area contributed by atoms with Gasteiger partial charge in [-0.05, 0) is 136 Å². The average Bonchev–Trinajstić information content (AvgIpc) is 3.92. The smallest absolute Gasteiger partial charge is 0.193 e. The van der Waals surface area contributed by atoms with Crippen LogP contribution < -0.4 is 15.5 Å². The summed E-state index contributed by atoms with van der Waals surface area (Å²) in [4.78, 5) is 33.4. The van der Waals surface area contributed by atoms with Crippen LogP contribution in [-0.4, -0.2) is 26.6 Å². The molecule has 0 saturated heterocycles. The van der Waals surface area contributed by atoms with Gasteiger partial charge in [0, 0.05) is 79.9 Å². The van der Waals surface area contributed by atoms with Crippen LogP contribution in [0.15, 0.2) is 211 Å². The van der Waals surface area contributed by atoms with E-state index in [1.54, 1.807) is 4.80 Å². The van der Waals surface area contributed by atoms with E-state index in [0.29, 0.717) is 62.3 Å². The molecule has 0 spiro atoms. The Hall–Kier alpha value is -8.86. The SMILES string of the molecule is CC(C)Cn1nc2c(-c3ccc(N(c4ccccc4)c4ccc(C(=O)c5ccc(C(C)(C)C)cc5)cc4)cc3)c(N)c(N=S)c(-c3ccc(N(c4ccccc4)c4ccc(C(=O)c5ccc(C(C)(C)C)cc5)cc4)cc3)c2n1. The van der Waals surface area contributed by atoms with Crippen LogP contribution in [0.3, 0.4) is 0 Å². The molecule has 0 atom stereocenters. The molecule has 0 bridgehead atoms. The quantitative estimate of drug-likeness (QED) is 0.0799. The van der Waals surface area contributed by atoms with Gasteiger partial charge >= 0.3 is 0 Å². The summed E-state index contributed by atoms with van der Waals surface area (Å²) in [6.45, 7) is 17.9. The summed E-state index contributed by atoms with van der Waals surface area (Å²) in [6, 6.07) is 68.1. The van der Waals surface area contributed by atoms with Crippen LogP contribution in [0.2, 0.25) is 0 Å². The number of nitrogens with zero attached hydrogens (tertiary/aromatic N) is 6. The van der Waals surface area contributed by atoms with E-state index in [-0.39, 0.29) is 28.3 Å². The number of ketones is 2. The van der Waals surface area contributed by atoms with Crippen molar-refractivity contribution >= 4 is 80.5 Å². The van der Waals surface area contributed by atoms with Gasteiger partial charge in [0.2, 0.25) is 0 Å². The standard InChI is InChI=1S/C68H63N7O2S/c1-44(2)43-73-70-63-59(45-23-35-55(36-24-45)74(53-15-11-9-12-16-53)57-39-27-49(28-40-57)65(76)47-19-31-51(32-20-47)67(3,4)5)61(69)62(72-78)60(64(63)71-73)46-25-37-56(38-26-46)75(54-17-13-10-14-18-54)58-41-29-50(30-42-58)66(77)48-21-33-52(34-22-48)68(6,7)8/h9-42,44H,43,69H2,1-8H3. The van der Waals surface area contributed by atoms with E-state index in [0.717, 1.165) is 45.3 Å². The normalized spacial score (nSPS) is 11.7. The highest BCUT2D eigenvalue weighted by atomic mass is 32.1. The van der Waals surface area contributed by atoms with Crippen molar-refractivity contribution in [3.8, 4) is 22.3 Å². The predicted octanol–water partition coefficient (Wildman–Crippen LogP) is 17.4. The molecule has 0 aliphatic carbocycles. The number of nitrogens with two attached hydrogens (primary N) is 1. The Morgan fingerprint density at radius 1 is 0.474 bits per heavy atom. The van der Waals surface area contributed by atoms with E-state index in [1.165, 1.54) is 11.1 Å². The summed E-state index contributed by atoms with van der Waals surface area (Å²) in [5, 5.41) is 10.2. The summed E-state index contributed by atoms with van der Waals surface area (Å²) in [6.07, 6.45) is 0. The maximum atomic E-state index is 13.7. The van der Waals surface area contributed by atoms with Crippen molar-refractivity contribution < 1.29 is 9.59 Å². The zero-order valence-electron chi connectivity index (χ0n) is 45.4. The van der Waals surface area contributed by atoms with Gasteiger partial charge in [-0.15, -0.1) is 0 Å². The zero-order valence-corrected chi connectivity index (χ0v) is 46.2. The summed E-state index contributed by atoms with van der Waals surface area (Å²) < 4.78 is 4.45. The van der Waals surface area contributed by atoms with Gasteiger partial charge in [0.1, 0.15) is 16.7 Å². The lowest BCUT2D eigenvalue weighted by Crippen LogP contribution is -2.12. The molecule has 0 unspecified atom stereocenters. The monoisotopic (exact) mass is 1040 g/mol. The molecular weight excluding hydrogens is 979 g/mol. The minimum absolute atomic E-state index is 0.00498. The maximum Gasteiger partial charge on any atom is 0.193 e. The maximum absolute atomic E-state index is 13.7.